The summed E-state index contributed by atoms with van der Waals surface area (Å²) in [7, 11) is 0. The molecule has 0 spiro atoms. The molecule has 0 aliphatic heterocycles. The van der Waals surface area contributed by atoms with Crippen molar-refractivity contribution in [3.05, 3.63) is 39.9 Å². The fourth-order valence-electron chi connectivity index (χ4n) is 1.21. The molecule has 0 aliphatic rings. The van der Waals surface area contributed by atoms with Gasteiger partial charge in [0.15, 0.2) is 0 Å². The van der Waals surface area contributed by atoms with E-state index in [1.165, 1.54) is 31.2 Å². The third-order valence-corrected chi connectivity index (χ3v) is 2.45. The highest BCUT2D eigenvalue weighted by Crippen LogP contribution is 2.12. The average Bonchev–Trinajstić information content (AvgIpc) is 2.38. The Labute approximate surface area is 103 Å². The Balaban J connectivity index is 2.82. The smallest absolute Gasteiger partial charge is 0.269 e. The Morgan fingerprint density at radius 3 is 2.22 bits per heavy atom. The molecule has 1 amide bonds. The predicted molar refractivity (Wildman–Crippen MR) is 63.1 cm³/mol. The minimum atomic E-state index is -1.13. The second-order valence-corrected chi connectivity index (χ2v) is 4.13. The fourth-order valence-corrected chi connectivity index (χ4v) is 1.21. The number of nitro groups is 1. The van der Waals surface area contributed by atoms with Crippen LogP contribution in [0.5, 0.6) is 0 Å². The summed E-state index contributed by atoms with van der Waals surface area (Å²) in [6.45, 7) is 0.654. The molecule has 0 aromatic heterocycles. The summed E-state index contributed by atoms with van der Waals surface area (Å²) in [6.07, 6.45) is 0. The van der Waals surface area contributed by atoms with E-state index in [1.807, 2.05) is 0 Å². The van der Waals surface area contributed by atoms with Crippen LogP contribution in [0.2, 0.25) is 0 Å². The number of nitrogens with zero attached hydrogens (tertiary/aromatic N) is 1. The Morgan fingerprint density at radius 1 is 1.33 bits per heavy atom. The molecule has 1 rings (SSSR count). The van der Waals surface area contributed by atoms with Crippen LogP contribution in [0.3, 0.4) is 0 Å². The summed E-state index contributed by atoms with van der Waals surface area (Å²) >= 11 is 0. The molecule has 3 N–H and O–H groups in total. The lowest BCUT2D eigenvalue weighted by Gasteiger charge is -2.26. The first-order valence-electron chi connectivity index (χ1n) is 5.20. The van der Waals surface area contributed by atoms with Crippen molar-refractivity contribution in [2.45, 2.75) is 12.5 Å². The summed E-state index contributed by atoms with van der Waals surface area (Å²) in [5, 5.41) is 31.0. The molecule has 1 aromatic rings. The third kappa shape index (κ3) is 3.25. The second-order valence-electron chi connectivity index (χ2n) is 4.13. The monoisotopic (exact) mass is 254 g/mol. The highest BCUT2D eigenvalue weighted by atomic mass is 16.6. The van der Waals surface area contributed by atoms with Crippen LogP contribution in [0, 0.1) is 10.1 Å². The molecule has 0 saturated heterocycles. The summed E-state index contributed by atoms with van der Waals surface area (Å²) < 4.78 is 0. The molecule has 7 heteroatoms. The normalized spacial score (nSPS) is 11.1. The topological polar surface area (TPSA) is 113 Å². The molecule has 98 valence electrons. The van der Waals surface area contributed by atoms with Gasteiger partial charge in [-0.2, -0.15) is 0 Å². The van der Waals surface area contributed by atoms with Crippen LogP contribution in [0.4, 0.5) is 5.69 Å². The van der Waals surface area contributed by atoms with Gasteiger partial charge >= 0.3 is 0 Å². The predicted octanol–water partition coefficient (Wildman–Crippen LogP) is 0.0679. The number of aliphatic hydroxyl groups is 2. The Hall–Kier alpha value is -1.99. The molecule has 0 aliphatic carbocycles. The van der Waals surface area contributed by atoms with E-state index in [2.05, 4.69) is 5.32 Å². The zero-order valence-corrected chi connectivity index (χ0v) is 9.79. The van der Waals surface area contributed by atoms with Crippen molar-refractivity contribution in [3.63, 3.8) is 0 Å². The number of rotatable bonds is 5. The molecule has 18 heavy (non-hydrogen) atoms. The lowest BCUT2D eigenvalue weighted by Crippen LogP contribution is -2.51. The van der Waals surface area contributed by atoms with Crippen LogP contribution in [0.25, 0.3) is 0 Å². The standard InChI is InChI=1S/C11H14N2O5/c1-11(6-14,7-15)12-10(16)8-2-4-9(5-3-8)13(17)18/h2-5,14-15H,6-7H2,1H3,(H,12,16). The van der Waals surface area contributed by atoms with Gasteiger partial charge in [0.25, 0.3) is 11.6 Å². The number of carbonyl (C=O) groups excluding carboxylic acids is 1. The number of amides is 1. The first-order chi connectivity index (χ1) is 8.41. The van der Waals surface area contributed by atoms with E-state index in [1.54, 1.807) is 0 Å². The van der Waals surface area contributed by atoms with Gasteiger partial charge in [0.2, 0.25) is 0 Å². The Morgan fingerprint density at radius 2 is 1.83 bits per heavy atom. The fraction of sp³-hybridized carbons (Fsp3) is 0.364. The van der Waals surface area contributed by atoms with E-state index in [-0.39, 0.29) is 11.3 Å². The molecule has 0 atom stereocenters. The maximum absolute atomic E-state index is 11.8. The SMILES string of the molecule is CC(CO)(CO)NC(=O)c1ccc([N+](=O)[O-])cc1. The zero-order valence-electron chi connectivity index (χ0n) is 9.79. The molecule has 0 saturated carbocycles. The highest BCUT2D eigenvalue weighted by molar-refractivity contribution is 5.94. The van der Waals surface area contributed by atoms with Gasteiger partial charge in [-0.3, -0.25) is 14.9 Å². The lowest BCUT2D eigenvalue weighted by molar-refractivity contribution is -0.384. The number of hydrogen-bond donors (Lipinski definition) is 3. The number of carbonyl (C=O) groups is 1. The molecular formula is C11H14N2O5. The van der Waals surface area contributed by atoms with Crippen LogP contribution < -0.4 is 5.32 Å². The van der Waals surface area contributed by atoms with Crippen molar-refractivity contribution in [2.75, 3.05) is 13.2 Å². The van der Waals surface area contributed by atoms with E-state index in [4.69, 9.17) is 10.2 Å². The maximum Gasteiger partial charge on any atom is 0.269 e. The van der Waals surface area contributed by atoms with Gasteiger partial charge in [0, 0.05) is 17.7 Å². The third-order valence-electron chi connectivity index (χ3n) is 2.45. The zero-order chi connectivity index (χ0) is 13.8. The largest absolute Gasteiger partial charge is 0.394 e. The summed E-state index contributed by atoms with van der Waals surface area (Å²) in [5.41, 5.74) is -1.02. The Kier molecular flexibility index (Phi) is 4.35. The van der Waals surface area contributed by atoms with Gasteiger partial charge in [-0.25, -0.2) is 0 Å². The molecule has 7 nitrogen and oxygen atoms in total. The van der Waals surface area contributed by atoms with Gasteiger partial charge < -0.3 is 15.5 Å². The van der Waals surface area contributed by atoms with E-state index in [9.17, 15) is 14.9 Å². The van der Waals surface area contributed by atoms with Gasteiger partial charge in [-0.05, 0) is 19.1 Å². The Bertz CT molecular complexity index is 439. The number of aliphatic hydroxyl groups excluding tert-OH is 2. The second kappa shape index (κ2) is 5.56. The van der Waals surface area contributed by atoms with Gasteiger partial charge in [0.1, 0.15) is 0 Å². The molecule has 0 unspecified atom stereocenters. The summed E-state index contributed by atoms with van der Waals surface area (Å²) in [5.74, 6) is -0.518. The van der Waals surface area contributed by atoms with Crippen LogP contribution in [-0.4, -0.2) is 39.8 Å². The molecular weight excluding hydrogens is 240 g/mol. The minimum absolute atomic E-state index is 0.112. The van der Waals surface area contributed by atoms with Crippen molar-refractivity contribution in [1.82, 2.24) is 5.32 Å². The van der Waals surface area contributed by atoms with Gasteiger partial charge in [0.05, 0.1) is 23.7 Å². The number of non-ortho nitro benzene ring substituents is 1. The van der Waals surface area contributed by atoms with E-state index >= 15 is 0 Å². The van der Waals surface area contributed by atoms with E-state index < -0.39 is 29.6 Å². The van der Waals surface area contributed by atoms with Crippen molar-refractivity contribution >= 4 is 11.6 Å². The molecule has 0 fully saturated rings. The number of benzene rings is 1. The van der Waals surface area contributed by atoms with Crippen LogP contribution in [0.15, 0.2) is 24.3 Å². The molecule has 0 bridgehead atoms. The summed E-state index contributed by atoms with van der Waals surface area (Å²) in [6, 6.07) is 5.04. The average molecular weight is 254 g/mol. The highest BCUT2D eigenvalue weighted by Gasteiger charge is 2.25. The van der Waals surface area contributed by atoms with E-state index in [0.717, 1.165) is 0 Å². The van der Waals surface area contributed by atoms with Crippen LogP contribution in [0.1, 0.15) is 17.3 Å². The van der Waals surface area contributed by atoms with E-state index in [0.29, 0.717) is 0 Å². The molecule has 0 heterocycles. The first-order valence-corrected chi connectivity index (χ1v) is 5.20. The summed E-state index contributed by atoms with van der Waals surface area (Å²) in [4.78, 5) is 21.6. The van der Waals surface area contributed by atoms with Crippen molar-refractivity contribution in [2.24, 2.45) is 0 Å². The number of nitro benzene ring substituents is 1. The van der Waals surface area contributed by atoms with Crippen LogP contribution in [-0.2, 0) is 0 Å². The number of hydrogen-bond acceptors (Lipinski definition) is 5. The quantitative estimate of drug-likeness (QED) is 0.508. The molecule has 1 aromatic carbocycles. The van der Waals surface area contributed by atoms with Gasteiger partial charge in [-0.1, -0.05) is 0 Å². The van der Waals surface area contributed by atoms with Crippen molar-refractivity contribution < 1.29 is 19.9 Å². The van der Waals surface area contributed by atoms with Gasteiger partial charge in [-0.15, -0.1) is 0 Å². The van der Waals surface area contributed by atoms with Crippen molar-refractivity contribution in [3.8, 4) is 0 Å². The number of nitrogens with one attached hydrogen (secondary N) is 1. The first kappa shape index (κ1) is 14.1. The maximum atomic E-state index is 11.8. The van der Waals surface area contributed by atoms with Crippen LogP contribution >= 0.6 is 0 Å². The van der Waals surface area contributed by atoms with Crippen molar-refractivity contribution in [1.29, 1.82) is 0 Å². The molecule has 0 radical (unpaired) electrons. The lowest BCUT2D eigenvalue weighted by atomic mass is 10.0. The minimum Gasteiger partial charge on any atom is -0.394 e.